The van der Waals surface area contributed by atoms with E-state index in [-0.39, 0.29) is 19.4 Å². The molecule has 0 amide bonds. The fraction of sp³-hybridized carbons (Fsp3) is 0.700. The van der Waals surface area contributed by atoms with Gasteiger partial charge in [-0.2, -0.15) is 15.0 Å². The van der Waals surface area contributed by atoms with Crippen LogP contribution in [0, 0.1) is 0 Å². The zero-order valence-electron chi connectivity index (χ0n) is 11.2. The molecule has 1 rings (SSSR count). The molecule has 0 aliphatic heterocycles. The zero-order valence-corrected chi connectivity index (χ0v) is 11.2. The molecule has 1 aromatic heterocycles. The van der Waals surface area contributed by atoms with Crippen molar-refractivity contribution in [2.24, 2.45) is 0 Å². The van der Waals surface area contributed by atoms with Gasteiger partial charge in [0.05, 0.1) is 0 Å². The molecule has 0 saturated heterocycles. The Morgan fingerprint density at radius 2 is 1.39 bits per heavy atom. The monoisotopic (exact) mass is 256 g/mol. The van der Waals surface area contributed by atoms with E-state index in [0.29, 0.717) is 11.9 Å². The minimum Gasteiger partial charge on any atom is -0.376 e. The minimum absolute atomic E-state index is 0.244. The van der Waals surface area contributed by atoms with Gasteiger partial charge in [-0.15, -0.1) is 0 Å². The Bertz CT molecular complexity index is 383. The fourth-order valence-corrected chi connectivity index (χ4v) is 1.17. The lowest BCUT2D eigenvalue weighted by Crippen LogP contribution is -2.30. The summed E-state index contributed by atoms with van der Waals surface area (Å²) in [6, 6.07) is 0. The summed E-state index contributed by atoms with van der Waals surface area (Å²) in [7, 11) is 5.49. The summed E-state index contributed by atoms with van der Waals surface area (Å²) in [4.78, 5) is 17.5. The summed E-state index contributed by atoms with van der Waals surface area (Å²) in [5.74, 6) is 1.22. The summed E-state index contributed by atoms with van der Waals surface area (Å²) in [5, 5.41) is 18.3. The smallest absolute Gasteiger partial charge is 0.235 e. The van der Waals surface area contributed by atoms with E-state index in [1.165, 1.54) is 4.90 Å². The SMILES string of the molecule is CCN(C)c1nc(N(C)C)nc(N(CO)CO)n1. The Morgan fingerprint density at radius 3 is 1.83 bits per heavy atom. The molecule has 0 aliphatic rings. The Labute approximate surface area is 107 Å². The van der Waals surface area contributed by atoms with Crippen molar-refractivity contribution < 1.29 is 10.2 Å². The Balaban J connectivity index is 3.21. The summed E-state index contributed by atoms with van der Waals surface area (Å²) >= 11 is 0. The lowest BCUT2D eigenvalue weighted by molar-refractivity contribution is 0.220. The van der Waals surface area contributed by atoms with Gasteiger partial charge in [0.1, 0.15) is 13.5 Å². The van der Waals surface area contributed by atoms with Crippen molar-refractivity contribution in [2.75, 3.05) is 55.8 Å². The highest BCUT2D eigenvalue weighted by molar-refractivity contribution is 5.45. The Morgan fingerprint density at radius 1 is 0.889 bits per heavy atom. The molecule has 1 heterocycles. The number of aliphatic hydroxyl groups excluding tert-OH is 2. The number of hydrogen-bond acceptors (Lipinski definition) is 8. The van der Waals surface area contributed by atoms with Crippen LogP contribution in [0.5, 0.6) is 0 Å². The van der Waals surface area contributed by atoms with Crippen LogP contribution in [0.15, 0.2) is 0 Å². The molecule has 0 saturated carbocycles. The van der Waals surface area contributed by atoms with Gasteiger partial charge in [0.25, 0.3) is 0 Å². The van der Waals surface area contributed by atoms with Gasteiger partial charge in [-0.3, -0.25) is 4.90 Å². The van der Waals surface area contributed by atoms with E-state index in [2.05, 4.69) is 15.0 Å². The number of anilines is 3. The van der Waals surface area contributed by atoms with Gasteiger partial charge in [-0.25, -0.2) is 0 Å². The maximum atomic E-state index is 9.13. The number of hydrogen-bond donors (Lipinski definition) is 2. The van der Waals surface area contributed by atoms with Gasteiger partial charge in [-0.1, -0.05) is 0 Å². The molecule has 0 spiro atoms. The van der Waals surface area contributed by atoms with Crippen LogP contribution in [0.1, 0.15) is 6.92 Å². The van der Waals surface area contributed by atoms with Gasteiger partial charge < -0.3 is 20.0 Å². The van der Waals surface area contributed by atoms with Crippen LogP contribution < -0.4 is 14.7 Å². The molecule has 0 radical (unpaired) electrons. The minimum atomic E-state index is -0.358. The predicted octanol–water partition coefficient (Wildman–Crippen LogP) is -0.900. The van der Waals surface area contributed by atoms with E-state index < -0.39 is 0 Å². The van der Waals surface area contributed by atoms with Crippen molar-refractivity contribution >= 4 is 17.8 Å². The van der Waals surface area contributed by atoms with Crippen LogP contribution >= 0.6 is 0 Å². The van der Waals surface area contributed by atoms with Crippen molar-refractivity contribution in [3.63, 3.8) is 0 Å². The average molecular weight is 256 g/mol. The maximum absolute atomic E-state index is 9.13. The predicted molar refractivity (Wildman–Crippen MR) is 69.7 cm³/mol. The van der Waals surface area contributed by atoms with Crippen LogP contribution in [0.25, 0.3) is 0 Å². The van der Waals surface area contributed by atoms with Crippen molar-refractivity contribution in [2.45, 2.75) is 6.92 Å². The first-order valence-electron chi connectivity index (χ1n) is 5.64. The van der Waals surface area contributed by atoms with Crippen LogP contribution in [-0.2, 0) is 0 Å². The second-order valence-electron chi connectivity index (χ2n) is 3.97. The lowest BCUT2D eigenvalue weighted by atomic mass is 10.6. The van der Waals surface area contributed by atoms with Crippen LogP contribution in [0.2, 0.25) is 0 Å². The van der Waals surface area contributed by atoms with E-state index in [9.17, 15) is 0 Å². The second kappa shape index (κ2) is 6.31. The molecule has 0 aliphatic carbocycles. The van der Waals surface area contributed by atoms with Crippen LogP contribution in [0.3, 0.4) is 0 Å². The third-order valence-corrected chi connectivity index (χ3v) is 2.44. The molecule has 0 atom stereocenters. The number of rotatable bonds is 6. The normalized spacial score (nSPS) is 10.3. The molecular weight excluding hydrogens is 236 g/mol. The first-order chi connectivity index (χ1) is 8.53. The quantitative estimate of drug-likeness (QED) is 0.633. The van der Waals surface area contributed by atoms with Crippen LogP contribution in [-0.4, -0.2) is 66.3 Å². The molecule has 18 heavy (non-hydrogen) atoms. The molecule has 0 bridgehead atoms. The molecule has 1 aromatic rings. The summed E-state index contributed by atoms with van der Waals surface area (Å²) in [5.41, 5.74) is 0. The van der Waals surface area contributed by atoms with Crippen molar-refractivity contribution in [1.82, 2.24) is 15.0 Å². The second-order valence-corrected chi connectivity index (χ2v) is 3.97. The highest BCUT2D eigenvalue weighted by Crippen LogP contribution is 2.16. The topological polar surface area (TPSA) is 88.9 Å². The zero-order chi connectivity index (χ0) is 13.7. The highest BCUT2D eigenvalue weighted by Gasteiger charge is 2.14. The van der Waals surface area contributed by atoms with E-state index in [1.54, 1.807) is 4.90 Å². The van der Waals surface area contributed by atoms with Crippen molar-refractivity contribution in [1.29, 1.82) is 0 Å². The number of aliphatic hydroxyl groups is 2. The standard InChI is InChI=1S/C10H20N6O2/c1-5-15(4)9-11-8(14(2)3)12-10(13-9)16(6-17)7-18/h17-18H,5-7H2,1-4H3. The van der Waals surface area contributed by atoms with E-state index in [0.717, 1.165) is 6.54 Å². The van der Waals surface area contributed by atoms with E-state index in [1.807, 2.05) is 33.0 Å². The molecule has 0 aromatic carbocycles. The average Bonchev–Trinajstić information content (AvgIpc) is 2.38. The largest absolute Gasteiger partial charge is 0.376 e. The number of nitrogens with zero attached hydrogens (tertiary/aromatic N) is 6. The molecule has 0 unspecified atom stereocenters. The molecule has 8 nitrogen and oxygen atoms in total. The molecule has 102 valence electrons. The van der Waals surface area contributed by atoms with Gasteiger partial charge in [0.15, 0.2) is 0 Å². The third-order valence-electron chi connectivity index (χ3n) is 2.44. The molecular formula is C10H20N6O2. The Hall–Kier alpha value is -1.67. The Kier molecular flexibility index (Phi) is 5.05. The van der Waals surface area contributed by atoms with Crippen molar-refractivity contribution in [3.8, 4) is 0 Å². The lowest BCUT2D eigenvalue weighted by Gasteiger charge is -2.22. The summed E-state index contributed by atoms with van der Waals surface area (Å²) < 4.78 is 0. The van der Waals surface area contributed by atoms with Gasteiger partial charge >= 0.3 is 0 Å². The summed E-state index contributed by atoms with van der Waals surface area (Å²) in [6.07, 6.45) is 0. The first kappa shape index (κ1) is 14.4. The van der Waals surface area contributed by atoms with E-state index >= 15 is 0 Å². The van der Waals surface area contributed by atoms with Gasteiger partial charge in [0.2, 0.25) is 17.8 Å². The molecule has 2 N–H and O–H groups in total. The highest BCUT2D eigenvalue weighted by atomic mass is 16.3. The fourth-order valence-electron chi connectivity index (χ4n) is 1.17. The van der Waals surface area contributed by atoms with E-state index in [4.69, 9.17) is 10.2 Å². The van der Waals surface area contributed by atoms with Crippen molar-refractivity contribution in [3.05, 3.63) is 0 Å². The summed E-state index contributed by atoms with van der Waals surface area (Å²) in [6.45, 7) is 2.01. The first-order valence-corrected chi connectivity index (χ1v) is 5.64. The molecule has 8 heteroatoms. The maximum Gasteiger partial charge on any atom is 0.235 e. The molecule has 0 fully saturated rings. The number of aromatic nitrogens is 3. The van der Waals surface area contributed by atoms with Crippen LogP contribution in [0.4, 0.5) is 17.8 Å². The van der Waals surface area contributed by atoms with Gasteiger partial charge in [0, 0.05) is 27.7 Å². The van der Waals surface area contributed by atoms with Gasteiger partial charge in [-0.05, 0) is 6.92 Å². The third kappa shape index (κ3) is 3.17.